The van der Waals surface area contributed by atoms with Crippen molar-refractivity contribution in [2.24, 2.45) is 7.05 Å². The zero-order valence-electron chi connectivity index (χ0n) is 7.07. The number of imidazole rings is 1. The first-order chi connectivity index (χ1) is 4.63. The first-order valence-corrected chi connectivity index (χ1v) is 3.15. The zero-order valence-corrected chi connectivity index (χ0v) is 7.07. The van der Waals surface area contributed by atoms with Crippen LogP contribution in [0.3, 0.4) is 0 Å². The number of hydrogen-bond donors (Lipinski definition) is 0. The van der Waals surface area contributed by atoms with E-state index >= 15 is 0 Å². The van der Waals surface area contributed by atoms with Gasteiger partial charge in [0.15, 0.2) is 0 Å². The van der Waals surface area contributed by atoms with Crippen LogP contribution < -0.4 is 0 Å². The average molecular weight is 264 g/mol. The number of aromatic nitrogens is 2. The Morgan fingerprint density at radius 2 is 1.73 bits per heavy atom. The molecule has 0 spiro atoms. The Labute approximate surface area is 85.4 Å². The molecule has 4 heteroatoms. The van der Waals surface area contributed by atoms with Crippen molar-refractivity contribution in [2.75, 3.05) is 21.1 Å². The molecule has 0 aliphatic heterocycles. The van der Waals surface area contributed by atoms with Gasteiger partial charge in [0, 0.05) is 19.4 Å². The predicted octanol–water partition coefficient (Wildman–Crippen LogP) is -0.854. The van der Waals surface area contributed by atoms with Crippen molar-refractivity contribution < 1.29 is 0 Å². The van der Waals surface area contributed by atoms with Crippen LogP contribution in [0.4, 0.5) is 0 Å². The monoisotopic (exact) mass is 265 g/mol. The Kier molecular flexibility index (Phi) is 9.94. The van der Waals surface area contributed by atoms with E-state index in [0.29, 0.717) is 0 Å². The van der Waals surface area contributed by atoms with Crippen LogP contribution in [0.1, 0.15) is 0 Å². The second-order valence-electron chi connectivity index (χ2n) is 2.57. The molecule has 3 nitrogen and oxygen atoms in total. The maximum absolute atomic E-state index is 3.78. The van der Waals surface area contributed by atoms with Crippen molar-refractivity contribution in [1.29, 1.82) is 0 Å². The van der Waals surface area contributed by atoms with Crippen molar-refractivity contribution in [3.63, 3.8) is 0 Å². The molecule has 0 bridgehead atoms. The number of hydrogen-bond acceptors (Lipinski definition) is 2. The van der Waals surface area contributed by atoms with Crippen molar-refractivity contribution in [1.82, 2.24) is 14.5 Å². The van der Waals surface area contributed by atoms with Gasteiger partial charge in [-0.25, -0.2) is 4.98 Å². The van der Waals surface area contributed by atoms with Gasteiger partial charge in [0.2, 0.25) is 0 Å². The van der Waals surface area contributed by atoms with Gasteiger partial charge < -0.3 is 9.47 Å². The summed E-state index contributed by atoms with van der Waals surface area (Å²) >= 11 is 0. The third-order valence-corrected chi connectivity index (χ3v) is 0.637. The molecule has 0 aromatic carbocycles. The third kappa shape index (κ3) is 13.0. The second kappa shape index (κ2) is 8.07. The van der Waals surface area contributed by atoms with E-state index in [0.717, 1.165) is 0 Å². The van der Waals surface area contributed by atoms with Crippen molar-refractivity contribution in [3.05, 3.63) is 18.7 Å². The third-order valence-electron chi connectivity index (χ3n) is 0.637. The minimum atomic E-state index is 0. The summed E-state index contributed by atoms with van der Waals surface area (Å²) in [6.07, 6.45) is 5.39. The van der Waals surface area contributed by atoms with Gasteiger partial charge >= 0.3 is 23.9 Å². The molecule has 1 aromatic rings. The van der Waals surface area contributed by atoms with E-state index in [1.165, 1.54) is 0 Å². The molecule has 66 valence electrons. The van der Waals surface area contributed by atoms with E-state index < -0.39 is 0 Å². The van der Waals surface area contributed by atoms with Crippen LogP contribution in [0.5, 0.6) is 0 Å². The summed E-state index contributed by atoms with van der Waals surface area (Å²) in [5.41, 5.74) is 0. The summed E-state index contributed by atoms with van der Waals surface area (Å²) in [7, 11) is 7.94. The molecule has 0 atom stereocenters. The molecule has 0 amide bonds. The van der Waals surface area contributed by atoms with E-state index in [9.17, 15) is 0 Å². The molecule has 1 aromatic heterocycles. The Morgan fingerprint density at radius 1 is 1.27 bits per heavy atom. The zero-order chi connectivity index (χ0) is 7.98. The van der Waals surface area contributed by atoms with Crippen LogP contribution >= 0.6 is 0 Å². The van der Waals surface area contributed by atoms with E-state index in [2.05, 4.69) is 4.98 Å². The summed E-state index contributed by atoms with van der Waals surface area (Å²) in [4.78, 5) is 5.78. The van der Waals surface area contributed by atoms with Crippen LogP contribution in [-0.2, 0) is 7.05 Å². The second-order valence-corrected chi connectivity index (χ2v) is 2.57. The Hall–Kier alpha value is -0.0313. The Morgan fingerprint density at radius 3 is 1.82 bits per heavy atom. The summed E-state index contributed by atoms with van der Waals surface area (Å²) < 4.78 is 1.89. The molecular weight excluding hydrogens is 245 g/mol. The van der Waals surface area contributed by atoms with Gasteiger partial charge in [-0.15, -0.1) is 0 Å². The number of nitrogens with zero attached hydrogens (tertiary/aromatic N) is 3. The van der Waals surface area contributed by atoms with Crippen LogP contribution in [0.25, 0.3) is 0 Å². The number of rotatable bonds is 0. The molecule has 11 heavy (non-hydrogen) atoms. The molecule has 0 aliphatic carbocycles. The first-order valence-electron chi connectivity index (χ1n) is 3.15. The Balaban J connectivity index is 0. The first kappa shape index (κ1) is 13.6. The van der Waals surface area contributed by atoms with Gasteiger partial charge in [0.25, 0.3) is 0 Å². The number of aryl methyl sites for hydroxylation is 1. The SMILES string of the molecule is CN(C)C.Cn1ccnc1.[SnH4]. The fourth-order valence-corrected chi connectivity index (χ4v) is 0.326. The molecule has 0 unspecified atom stereocenters. The molecule has 0 N–H and O–H groups in total. The van der Waals surface area contributed by atoms with E-state index in [4.69, 9.17) is 0 Å². The normalized spacial score (nSPS) is 8.09. The van der Waals surface area contributed by atoms with Crippen molar-refractivity contribution >= 4 is 23.9 Å². The van der Waals surface area contributed by atoms with Crippen LogP contribution in [0, 0.1) is 0 Å². The molecule has 0 fully saturated rings. The van der Waals surface area contributed by atoms with Gasteiger partial charge in [0.1, 0.15) is 0 Å². The molecule has 1 rings (SSSR count). The molecule has 0 saturated carbocycles. The molecular formula is C7H19N3Sn. The topological polar surface area (TPSA) is 21.1 Å². The predicted molar refractivity (Wildman–Crippen MR) is 54.2 cm³/mol. The fourth-order valence-electron chi connectivity index (χ4n) is 0.326. The van der Waals surface area contributed by atoms with E-state index in [-0.39, 0.29) is 23.9 Å². The summed E-state index contributed by atoms with van der Waals surface area (Å²) in [5, 5.41) is 0. The van der Waals surface area contributed by atoms with Gasteiger partial charge in [-0.1, -0.05) is 0 Å². The maximum atomic E-state index is 3.78. The van der Waals surface area contributed by atoms with Gasteiger partial charge in [-0.05, 0) is 21.1 Å². The molecule has 1 heterocycles. The standard InChI is InChI=1S/C4H6N2.C3H9N.Sn.4H/c1-6-3-2-5-4-6;1-4(2)3;;;;;/h2-4H,1H3;1-3H3;;;;;. The Bertz CT molecular complexity index is 146. The van der Waals surface area contributed by atoms with E-state index in [1.807, 2.05) is 43.9 Å². The van der Waals surface area contributed by atoms with Gasteiger partial charge in [-0.2, -0.15) is 0 Å². The molecule has 0 saturated heterocycles. The summed E-state index contributed by atoms with van der Waals surface area (Å²) in [6, 6.07) is 0. The van der Waals surface area contributed by atoms with Gasteiger partial charge in [0.05, 0.1) is 6.33 Å². The van der Waals surface area contributed by atoms with Gasteiger partial charge in [-0.3, -0.25) is 0 Å². The van der Waals surface area contributed by atoms with Crippen LogP contribution in [-0.4, -0.2) is 59.5 Å². The van der Waals surface area contributed by atoms with E-state index in [1.54, 1.807) is 12.5 Å². The van der Waals surface area contributed by atoms with Crippen LogP contribution in [0.15, 0.2) is 18.7 Å². The van der Waals surface area contributed by atoms with Crippen LogP contribution in [0.2, 0.25) is 0 Å². The summed E-state index contributed by atoms with van der Waals surface area (Å²) in [5.74, 6) is 0. The fraction of sp³-hybridized carbons (Fsp3) is 0.571. The minimum absolute atomic E-state index is 0. The van der Waals surface area contributed by atoms with Crippen molar-refractivity contribution in [2.45, 2.75) is 0 Å². The molecule has 0 radical (unpaired) electrons. The quantitative estimate of drug-likeness (QED) is 0.569. The molecule has 0 aliphatic rings. The summed E-state index contributed by atoms with van der Waals surface area (Å²) in [6.45, 7) is 0. The average Bonchev–Trinajstić information content (AvgIpc) is 2.15. The van der Waals surface area contributed by atoms with Crippen molar-refractivity contribution in [3.8, 4) is 0 Å².